The second kappa shape index (κ2) is 12.9. The molecular formula is C32H30ClNO6. The lowest BCUT2D eigenvalue weighted by atomic mass is 10.1. The highest BCUT2D eigenvalue weighted by Crippen LogP contribution is 2.35. The third-order valence-corrected chi connectivity index (χ3v) is 6.80. The van der Waals surface area contributed by atoms with Gasteiger partial charge in [-0.3, -0.25) is 0 Å². The molecule has 40 heavy (non-hydrogen) atoms. The third kappa shape index (κ3) is 7.31. The van der Waals surface area contributed by atoms with E-state index in [1.165, 1.54) is 13.2 Å². The van der Waals surface area contributed by atoms with Gasteiger partial charge >= 0.3 is 5.97 Å². The van der Waals surface area contributed by atoms with E-state index in [1.807, 2.05) is 66.7 Å². The Kier molecular flexibility index (Phi) is 8.84. The number of benzene rings is 3. The summed E-state index contributed by atoms with van der Waals surface area (Å²) in [7, 11) is 1.49. The fraction of sp³-hybridized carbons (Fsp3) is 0.250. The Balaban J connectivity index is 1.03. The van der Waals surface area contributed by atoms with Crippen molar-refractivity contribution in [2.24, 2.45) is 5.92 Å². The van der Waals surface area contributed by atoms with Crippen LogP contribution in [0.5, 0.6) is 17.2 Å². The van der Waals surface area contributed by atoms with Crippen molar-refractivity contribution in [1.29, 1.82) is 0 Å². The number of ether oxygens (including phenoxy) is 4. The lowest BCUT2D eigenvalue weighted by molar-refractivity contribution is 0.0690. The van der Waals surface area contributed by atoms with Gasteiger partial charge in [0.1, 0.15) is 28.9 Å². The van der Waals surface area contributed by atoms with Crippen LogP contribution < -0.4 is 14.2 Å². The summed E-state index contributed by atoms with van der Waals surface area (Å²) >= 11 is 6.10. The molecule has 5 rings (SSSR count). The Labute approximate surface area is 237 Å². The number of aromatic nitrogens is 1. The van der Waals surface area contributed by atoms with Gasteiger partial charge in [0.05, 0.1) is 31.5 Å². The Morgan fingerprint density at radius 2 is 1.90 bits per heavy atom. The second-order valence-corrected chi connectivity index (χ2v) is 10.0. The smallest absolute Gasteiger partial charge is 0.339 e. The molecule has 1 saturated carbocycles. The van der Waals surface area contributed by atoms with Crippen LogP contribution in [0.2, 0.25) is 5.02 Å². The van der Waals surface area contributed by atoms with Crippen molar-refractivity contribution in [1.82, 2.24) is 4.98 Å². The molecule has 1 heterocycles. The standard InChI is InChI=1S/C32H30ClNO6/c1-37-26-12-13-30(28(19-26)32(35)36)39-15-3-14-38-20-23-17-31(23)40-27-5-2-4-21(16-27)6-10-25-11-8-22-7-9-24(33)18-29(22)34-25/h2,4-13,16,18-19,23,31H,3,14-15,17,20H2,1H3,(H,35,36)/b10-6+/t23?,31-/m0/s1. The molecule has 1 aliphatic rings. The van der Waals surface area contributed by atoms with Crippen molar-refractivity contribution in [2.75, 3.05) is 26.9 Å². The number of hydrogen-bond donors (Lipinski definition) is 1. The van der Waals surface area contributed by atoms with E-state index in [-0.39, 0.29) is 11.7 Å². The molecule has 1 unspecified atom stereocenters. The number of pyridine rings is 1. The first-order chi connectivity index (χ1) is 19.5. The summed E-state index contributed by atoms with van der Waals surface area (Å²) in [6, 6.07) is 22.5. The number of hydrogen-bond acceptors (Lipinski definition) is 6. The van der Waals surface area contributed by atoms with Crippen LogP contribution in [-0.2, 0) is 4.74 Å². The Bertz CT molecular complexity index is 1520. The van der Waals surface area contributed by atoms with Gasteiger partial charge in [-0.05, 0) is 66.6 Å². The van der Waals surface area contributed by atoms with Crippen LogP contribution in [0.25, 0.3) is 23.1 Å². The van der Waals surface area contributed by atoms with Crippen LogP contribution in [0.4, 0.5) is 0 Å². The minimum absolute atomic E-state index is 0.0773. The summed E-state index contributed by atoms with van der Waals surface area (Å²) in [6.45, 7) is 1.50. The number of aromatic carboxylic acids is 1. The fourth-order valence-corrected chi connectivity index (χ4v) is 4.46. The summed E-state index contributed by atoms with van der Waals surface area (Å²) in [5.74, 6) is 0.921. The molecule has 4 aromatic rings. The minimum atomic E-state index is -1.06. The molecule has 0 aliphatic heterocycles. The maximum absolute atomic E-state index is 11.4. The van der Waals surface area contributed by atoms with E-state index < -0.39 is 5.97 Å². The molecule has 8 heteroatoms. The topological polar surface area (TPSA) is 87.1 Å². The highest BCUT2D eigenvalue weighted by atomic mass is 35.5. The summed E-state index contributed by atoms with van der Waals surface area (Å²) < 4.78 is 22.7. The predicted molar refractivity (Wildman–Crippen MR) is 156 cm³/mol. The Hall–Kier alpha value is -4.07. The van der Waals surface area contributed by atoms with Crippen LogP contribution in [-0.4, -0.2) is 49.1 Å². The molecule has 0 saturated heterocycles. The molecule has 1 fully saturated rings. The van der Waals surface area contributed by atoms with Gasteiger partial charge in [-0.25, -0.2) is 9.78 Å². The average molecular weight is 560 g/mol. The summed E-state index contributed by atoms with van der Waals surface area (Å²) in [6.07, 6.45) is 5.74. The first-order valence-corrected chi connectivity index (χ1v) is 13.5. The van der Waals surface area contributed by atoms with Crippen LogP contribution in [0.1, 0.15) is 34.5 Å². The monoisotopic (exact) mass is 559 g/mol. The van der Waals surface area contributed by atoms with Gasteiger partial charge in [-0.15, -0.1) is 0 Å². The number of rotatable bonds is 13. The summed E-state index contributed by atoms with van der Waals surface area (Å²) in [5.41, 5.74) is 2.83. The summed E-state index contributed by atoms with van der Waals surface area (Å²) in [5, 5.41) is 11.1. The number of nitrogens with zero attached hydrogens (tertiary/aromatic N) is 1. The molecule has 7 nitrogen and oxygen atoms in total. The van der Waals surface area contributed by atoms with E-state index in [4.69, 9.17) is 30.5 Å². The van der Waals surface area contributed by atoms with Crippen molar-refractivity contribution >= 4 is 40.6 Å². The first-order valence-electron chi connectivity index (χ1n) is 13.1. The van der Waals surface area contributed by atoms with Gasteiger partial charge in [0.15, 0.2) is 0 Å². The molecule has 1 N–H and O–H groups in total. The van der Waals surface area contributed by atoms with Crippen molar-refractivity contribution in [3.05, 3.63) is 94.6 Å². The number of halogens is 1. The SMILES string of the molecule is COc1ccc(OCCCOCC2C[C@@H]2Oc2cccc(/C=C/c3ccc4ccc(Cl)cc4n3)c2)c(C(=O)O)c1. The molecule has 206 valence electrons. The van der Waals surface area contributed by atoms with E-state index in [2.05, 4.69) is 4.98 Å². The van der Waals surface area contributed by atoms with E-state index in [1.54, 1.807) is 12.1 Å². The van der Waals surface area contributed by atoms with Crippen molar-refractivity contribution in [3.63, 3.8) is 0 Å². The zero-order valence-electron chi connectivity index (χ0n) is 22.1. The molecule has 3 aromatic carbocycles. The molecule has 0 bridgehead atoms. The van der Waals surface area contributed by atoms with Crippen molar-refractivity contribution < 1.29 is 28.8 Å². The summed E-state index contributed by atoms with van der Waals surface area (Å²) in [4.78, 5) is 16.1. The van der Waals surface area contributed by atoms with Crippen LogP contribution >= 0.6 is 11.6 Å². The quantitative estimate of drug-likeness (QED) is 0.176. The van der Waals surface area contributed by atoms with Gasteiger partial charge in [-0.2, -0.15) is 0 Å². The number of carboxylic acids is 1. The molecule has 0 radical (unpaired) electrons. The molecule has 1 aliphatic carbocycles. The Morgan fingerprint density at radius 1 is 1.02 bits per heavy atom. The maximum atomic E-state index is 11.4. The number of fused-ring (bicyclic) bond motifs is 1. The third-order valence-electron chi connectivity index (χ3n) is 6.57. The number of carbonyl (C=O) groups is 1. The first kappa shape index (κ1) is 27.5. The molecular weight excluding hydrogens is 530 g/mol. The zero-order valence-corrected chi connectivity index (χ0v) is 22.8. The second-order valence-electron chi connectivity index (χ2n) is 9.58. The van der Waals surface area contributed by atoms with Crippen molar-refractivity contribution in [3.8, 4) is 17.2 Å². The largest absolute Gasteiger partial charge is 0.497 e. The molecule has 1 aromatic heterocycles. The lowest BCUT2D eigenvalue weighted by Crippen LogP contribution is -2.09. The van der Waals surface area contributed by atoms with Gasteiger partial charge in [-0.1, -0.05) is 41.9 Å². The number of carboxylic acid groups (broad SMARTS) is 1. The van der Waals surface area contributed by atoms with E-state index in [0.29, 0.717) is 48.7 Å². The molecule has 2 atom stereocenters. The normalized spacial score (nSPS) is 16.2. The average Bonchev–Trinajstić information content (AvgIpc) is 3.70. The zero-order chi connectivity index (χ0) is 27.9. The van der Waals surface area contributed by atoms with Gasteiger partial charge in [0, 0.05) is 29.4 Å². The minimum Gasteiger partial charge on any atom is -0.497 e. The van der Waals surface area contributed by atoms with Crippen molar-refractivity contribution in [2.45, 2.75) is 18.9 Å². The van der Waals surface area contributed by atoms with E-state index >= 15 is 0 Å². The van der Waals surface area contributed by atoms with Gasteiger partial charge in [0.2, 0.25) is 0 Å². The lowest BCUT2D eigenvalue weighted by Gasteiger charge is -2.11. The van der Waals surface area contributed by atoms with E-state index in [9.17, 15) is 9.90 Å². The van der Waals surface area contributed by atoms with Crippen LogP contribution in [0.15, 0.2) is 72.8 Å². The van der Waals surface area contributed by atoms with Crippen LogP contribution in [0.3, 0.4) is 0 Å². The highest BCUT2D eigenvalue weighted by molar-refractivity contribution is 6.31. The fourth-order valence-electron chi connectivity index (χ4n) is 4.29. The van der Waals surface area contributed by atoms with Gasteiger partial charge in [0.25, 0.3) is 0 Å². The highest BCUT2D eigenvalue weighted by Gasteiger charge is 2.39. The molecule has 0 amide bonds. The Morgan fingerprint density at radius 3 is 2.75 bits per heavy atom. The maximum Gasteiger partial charge on any atom is 0.339 e. The predicted octanol–water partition coefficient (Wildman–Crippen LogP) is 7.02. The van der Waals surface area contributed by atoms with E-state index in [0.717, 1.165) is 34.3 Å². The molecule has 0 spiro atoms. The van der Waals surface area contributed by atoms with Gasteiger partial charge < -0.3 is 24.1 Å². The van der Waals surface area contributed by atoms with Crippen LogP contribution in [0, 0.1) is 5.92 Å². The number of methoxy groups -OCH3 is 1.